The van der Waals surface area contributed by atoms with E-state index in [4.69, 9.17) is 27.6 Å². The molecule has 7 heteroatoms. The van der Waals surface area contributed by atoms with E-state index in [1.54, 1.807) is 17.0 Å². The number of carbonyl (C=O) groups excluding carboxylic acids is 1. The maximum atomic E-state index is 12.7. The van der Waals surface area contributed by atoms with E-state index in [1.807, 2.05) is 43.3 Å². The van der Waals surface area contributed by atoms with Crippen LogP contribution in [0.1, 0.15) is 24.8 Å². The fourth-order valence-corrected chi connectivity index (χ4v) is 3.12. The lowest BCUT2D eigenvalue weighted by molar-refractivity contribution is -0.131. The smallest absolute Gasteiger partial charge is 0.249 e. The highest BCUT2D eigenvalue weighted by atomic mass is 35.5. The van der Waals surface area contributed by atoms with Crippen molar-refractivity contribution in [2.75, 3.05) is 6.54 Å². The topological polar surface area (TPSA) is 59.2 Å². The van der Waals surface area contributed by atoms with Gasteiger partial charge in [-0.15, -0.1) is 10.2 Å². The van der Waals surface area contributed by atoms with Gasteiger partial charge in [0.05, 0.1) is 23.6 Å². The number of halogens is 2. The molecule has 0 spiro atoms. The Morgan fingerprint density at radius 1 is 1.04 bits per heavy atom. The van der Waals surface area contributed by atoms with E-state index < -0.39 is 0 Å². The maximum Gasteiger partial charge on any atom is 0.249 e. The number of nitrogens with zero attached hydrogens (tertiary/aromatic N) is 3. The molecule has 0 aliphatic heterocycles. The summed E-state index contributed by atoms with van der Waals surface area (Å²) < 4.78 is 5.72. The van der Waals surface area contributed by atoms with E-state index in [9.17, 15) is 4.79 Å². The number of carbonyl (C=O) groups is 1. The highest BCUT2D eigenvalue weighted by Gasteiger charge is 2.19. The van der Waals surface area contributed by atoms with Gasteiger partial charge in [0.2, 0.25) is 17.7 Å². The van der Waals surface area contributed by atoms with Gasteiger partial charge in [0.1, 0.15) is 0 Å². The summed E-state index contributed by atoms with van der Waals surface area (Å²) in [7, 11) is 0. The summed E-state index contributed by atoms with van der Waals surface area (Å²) in [6.45, 7) is 2.85. The van der Waals surface area contributed by atoms with Crippen LogP contribution in [0.25, 0.3) is 11.5 Å². The standard InChI is InChI=1S/C20H19Cl2N3O2/c1-2-11-25(19(26)12-14-7-3-5-9-16(14)21)13-18-23-24-20(27-18)15-8-4-6-10-17(15)22/h3-10H,2,11-13H2,1H3. The molecule has 1 amide bonds. The summed E-state index contributed by atoms with van der Waals surface area (Å²) in [6, 6.07) is 14.6. The monoisotopic (exact) mass is 403 g/mol. The number of rotatable bonds is 7. The Labute approximate surface area is 167 Å². The third-order valence-electron chi connectivity index (χ3n) is 4.04. The van der Waals surface area contributed by atoms with Gasteiger partial charge >= 0.3 is 0 Å². The lowest BCUT2D eigenvalue weighted by Gasteiger charge is -2.20. The van der Waals surface area contributed by atoms with Crippen LogP contribution < -0.4 is 0 Å². The third-order valence-corrected chi connectivity index (χ3v) is 4.74. The molecule has 0 aliphatic carbocycles. The van der Waals surface area contributed by atoms with Gasteiger partial charge in [0.15, 0.2) is 0 Å². The van der Waals surface area contributed by atoms with Crippen molar-refractivity contribution in [1.82, 2.24) is 15.1 Å². The second-order valence-corrected chi connectivity index (χ2v) is 6.88. The van der Waals surface area contributed by atoms with E-state index in [0.29, 0.717) is 33.9 Å². The molecule has 0 unspecified atom stereocenters. The molecule has 0 atom stereocenters. The molecule has 5 nitrogen and oxygen atoms in total. The van der Waals surface area contributed by atoms with Crippen molar-refractivity contribution in [1.29, 1.82) is 0 Å². The van der Waals surface area contributed by atoms with E-state index in [-0.39, 0.29) is 18.9 Å². The molecule has 2 aromatic carbocycles. The molecule has 0 bridgehead atoms. The Hall–Kier alpha value is -2.37. The number of hydrogen-bond donors (Lipinski definition) is 0. The summed E-state index contributed by atoms with van der Waals surface area (Å²) in [4.78, 5) is 14.4. The molecule has 1 aromatic heterocycles. The van der Waals surface area contributed by atoms with Crippen LogP contribution in [0.4, 0.5) is 0 Å². The number of aromatic nitrogens is 2. The first-order chi connectivity index (χ1) is 13.1. The number of benzene rings is 2. The highest BCUT2D eigenvalue weighted by Crippen LogP contribution is 2.26. The van der Waals surface area contributed by atoms with Gasteiger partial charge in [0, 0.05) is 11.6 Å². The normalized spacial score (nSPS) is 10.8. The second kappa shape index (κ2) is 9.02. The SMILES string of the molecule is CCCN(Cc1nnc(-c2ccccc2Cl)o1)C(=O)Cc1ccccc1Cl. The molecular formula is C20H19Cl2N3O2. The zero-order valence-electron chi connectivity index (χ0n) is 14.9. The minimum absolute atomic E-state index is 0.0394. The minimum Gasteiger partial charge on any atom is -0.419 e. The Morgan fingerprint density at radius 3 is 2.44 bits per heavy atom. The summed E-state index contributed by atoms with van der Waals surface area (Å²) in [5.74, 6) is 0.666. The first-order valence-electron chi connectivity index (χ1n) is 8.67. The van der Waals surface area contributed by atoms with Gasteiger partial charge in [-0.25, -0.2) is 0 Å². The first-order valence-corrected chi connectivity index (χ1v) is 9.42. The molecule has 0 N–H and O–H groups in total. The van der Waals surface area contributed by atoms with Crippen molar-refractivity contribution in [2.45, 2.75) is 26.3 Å². The molecule has 0 radical (unpaired) electrons. The van der Waals surface area contributed by atoms with Gasteiger partial charge in [0.25, 0.3) is 0 Å². The van der Waals surface area contributed by atoms with Crippen LogP contribution in [0.5, 0.6) is 0 Å². The summed E-state index contributed by atoms with van der Waals surface area (Å²) >= 11 is 12.3. The van der Waals surface area contributed by atoms with Crippen LogP contribution in [0.3, 0.4) is 0 Å². The maximum absolute atomic E-state index is 12.7. The fourth-order valence-electron chi connectivity index (χ4n) is 2.70. The minimum atomic E-state index is -0.0394. The van der Waals surface area contributed by atoms with Crippen LogP contribution in [0, 0.1) is 0 Å². The predicted octanol–water partition coefficient (Wildman–Crippen LogP) is 5.02. The summed E-state index contributed by atoms with van der Waals surface area (Å²) in [5.41, 5.74) is 1.47. The Kier molecular flexibility index (Phi) is 6.48. The summed E-state index contributed by atoms with van der Waals surface area (Å²) in [6.07, 6.45) is 1.05. The predicted molar refractivity (Wildman–Crippen MR) is 106 cm³/mol. The van der Waals surface area contributed by atoms with Gasteiger partial charge in [-0.3, -0.25) is 4.79 Å². The van der Waals surface area contributed by atoms with Crippen LogP contribution in [0.2, 0.25) is 10.0 Å². The van der Waals surface area contributed by atoms with Crippen LogP contribution in [-0.2, 0) is 17.8 Å². The van der Waals surface area contributed by atoms with Crippen LogP contribution in [0.15, 0.2) is 52.9 Å². The van der Waals surface area contributed by atoms with Crippen molar-refractivity contribution >= 4 is 29.1 Å². The van der Waals surface area contributed by atoms with Crippen molar-refractivity contribution in [3.8, 4) is 11.5 Å². The first kappa shape index (κ1) is 19.4. The van der Waals surface area contributed by atoms with Gasteiger partial charge in [-0.1, -0.05) is 60.5 Å². The van der Waals surface area contributed by atoms with Crippen molar-refractivity contribution in [3.63, 3.8) is 0 Å². The molecule has 140 valence electrons. The molecule has 1 heterocycles. The van der Waals surface area contributed by atoms with E-state index >= 15 is 0 Å². The third kappa shape index (κ3) is 4.87. The van der Waals surface area contributed by atoms with Crippen molar-refractivity contribution in [2.24, 2.45) is 0 Å². The Balaban J connectivity index is 1.74. The van der Waals surface area contributed by atoms with Crippen LogP contribution in [-0.4, -0.2) is 27.5 Å². The lowest BCUT2D eigenvalue weighted by atomic mass is 10.1. The van der Waals surface area contributed by atoms with Crippen molar-refractivity contribution < 1.29 is 9.21 Å². The lowest BCUT2D eigenvalue weighted by Crippen LogP contribution is -2.32. The molecule has 0 saturated carbocycles. The number of amides is 1. The Bertz CT molecular complexity index is 927. The van der Waals surface area contributed by atoms with Gasteiger partial charge in [-0.2, -0.15) is 0 Å². The zero-order valence-corrected chi connectivity index (χ0v) is 16.4. The van der Waals surface area contributed by atoms with E-state index in [1.165, 1.54) is 0 Å². The second-order valence-electron chi connectivity index (χ2n) is 6.06. The zero-order chi connectivity index (χ0) is 19.2. The molecule has 3 rings (SSSR count). The quantitative estimate of drug-likeness (QED) is 0.555. The fraction of sp³-hybridized carbons (Fsp3) is 0.250. The van der Waals surface area contributed by atoms with E-state index in [2.05, 4.69) is 10.2 Å². The van der Waals surface area contributed by atoms with Gasteiger partial charge < -0.3 is 9.32 Å². The molecule has 0 fully saturated rings. The Morgan fingerprint density at radius 2 is 1.74 bits per heavy atom. The average Bonchev–Trinajstić information content (AvgIpc) is 3.12. The number of hydrogen-bond acceptors (Lipinski definition) is 4. The molecule has 3 aromatic rings. The van der Waals surface area contributed by atoms with Crippen LogP contribution >= 0.6 is 23.2 Å². The van der Waals surface area contributed by atoms with Crippen molar-refractivity contribution in [3.05, 3.63) is 70.0 Å². The molecule has 0 saturated heterocycles. The molecule has 27 heavy (non-hydrogen) atoms. The largest absolute Gasteiger partial charge is 0.419 e. The van der Waals surface area contributed by atoms with E-state index in [0.717, 1.165) is 12.0 Å². The molecule has 0 aliphatic rings. The average molecular weight is 404 g/mol. The summed E-state index contributed by atoms with van der Waals surface area (Å²) in [5, 5.41) is 9.24. The highest BCUT2D eigenvalue weighted by molar-refractivity contribution is 6.33. The van der Waals surface area contributed by atoms with Gasteiger partial charge in [-0.05, 0) is 30.2 Å². The molecular weight excluding hydrogens is 385 g/mol.